The summed E-state index contributed by atoms with van der Waals surface area (Å²) in [6.07, 6.45) is 5.23. The number of halogens is 1. The molecule has 0 atom stereocenters. The average Bonchev–Trinajstić information content (AvgIpc) is 2.37. The summed E-state index contributed by atoms with van der Waals surface area (Å²) in [5, 5.41) is 4.41. The number of rotatable bonds is 4. The lowest BCUT2D eigenvalue weighted by atomic mass is 9.93. The maximum atomic E-state index is 5.96. The van der Waals surface area contributed by atoms with Crippen LogP contribution in [0.15, 0.2) is 24.3 Å². The molecule has 0 aliphatic heterocycles. The van der Waals surface area contributed by atoms with E-state index in [4.69, 9.17) is 16.3 Å². The van der Waals surface area contributed by atoms with E-state index in [0.717, 1.165) is 11.6 Å². The van der Waals surface area contributed by atoms with E-state index >= 15 is 0 Å². The summed E-state index contributed by atoms with van der Waals surface area (Å²) in [5.41, 5.74) is 1.26. The minimum Gasteiger partial charge on any atom is -0.381 e. The second-order valence-corrected chi connectivity index (χ2v) is 5.16. The van der Waals surface area contributed by atoms with Crippen molar-refractivity contribution in [3.05, 3.63) is 34.9 Å². The first kappa shape index (κ1) is 12.9. The van der Waals surface area contributed by atoms with Crippen molar-refractivity contribution in [3.8, 4) is 0 Å². The zero-order chi connectivity index (χ0) is 12.1. The first-order valence-electron chi connectivity index (χ1n) is 6.28. The summed E-state index contributed by atoms with van der Waals surface area (Å²) in [6.45, 7) is 0.906. The lowest BCUT2D eigenvalue weighted by molar-refractivity contribution is 0.0624. The Hall–Kier alpha value is -0.570. The third-order valence-electron chi connectivity index (χ3n) is 3.49. The topological polar surface area (TPSA) is 21.3 Å². The molecule has 1 aromatic carbocycles. The van der Waals surface area contributed by atoms with Gasteiger partial charge in [-0.05, 0) is 43.4 Å². The van der Waals surface area contributed by atoms with Crippen molar-refractivity contribution in [2.75, 3.05) is 7.11 Å². The van der Waals surface area contributed by atoms with Crippen molar-refractivity contribution in [2.45, 2.75) is 44.4 Å². The summed E-state index contributed by atoms with van der Waals surface area (Å²) < 4.78 is 5.37. The number of hydrogen-bond acceptors (Lipinski definition) is 2. The fourth-order valence-electron chi connectivity index (χ4n) is 2.41. The van der Waals surface area contributed by atoms with E-state index in [1.807, 2.05) is 25.3 Å². The number of ether oxygens (including phenoxy) is 1. The van der Waals surface area contributed by atoms with E-state index in [0.29, 0.717) is 12.1 Å². The second-order valence-electron chi connectivity index (χ2n) is 4.72. The SMILES string of the molecule is COC1CCC(NCc2cccc(Cl)c2)CC1. The van der Waals surface area contributed by atoms with Crippen LogP contribution in [0.3, 0.4) is 0 Å². The predicted octanol–water partition coefficient (Wildman–Crippen LogP) is 3.39. The molecule has 0 aromatic heterocycles. The number of hydrogen-bond donors (Lipinski definition) is 1. The summed E-state index contributed by atoms with van der Waals surface area (Å²) in [7, 11) is 1.81. The molecule has 17 heavy (non-hydrogen) atoms. The van der Waals surface area contributed by atoms with Gasteiger partial charge in [-0.15, -0.1) is 0 Å². The molecule has 0 unspecified atom stereocenters. The standard InChI is InChI=1S/C14H20ClNO/c1-17-14-7-5-13(6-8-14)16-10-11-3-2-4-12(15)9-11/h2-4,9,13-14,16H,5-8,10H2,1H3. The van der Waals surface area contributed by atoms with E-state index in [1.165, 1.54) is 31.2 Å². The van der Waals surface area contributed by atoms with Gasteiger partial charge in [0.15, 0.2) is 0 Å². The van der Waals surface area contributed by atoms with Gasteiger partial charge in [0.25, 0.3) is 0 Å². The van der Waals surface area contributed by atoms with Gasteiger partial charge in [-0.2, -0.15) is 0 Å². The molecule has 0 heterocycles. The second kappa shape index (κ2) is 6.39. The molecule has 1 aromatic rings. The highest BCUT2D eigenvalue weighted by atomic mass is 35.5. The lowest BCUT2D eigenvalue weighted by Gasteiger charge is -2.28. The molecule has 0 bridgehead atoms. The maximum absolute atomic E-state index is 5.96. The Balaban J connectivity index is 1.76. The van der Waals surface area contributed by atoms with E-state index in [2.05, 4.69) is 11.4 Å². The van der Waals surface area contributed by atoms with Crippen molar-refractivity contribution in [1.29, 1.82) is 0 Å². The summed E-state index contributed by atoms with van der Waals surface area (Å²) in [6, 6.07) is 8.67. The highest BCUT2D eigenvalue weighted by molar-refractivity contribution is 6.30. The molecule has 94 valence electrons. The molecule has 0 saturated heterocycles. The predicted molar refractivity (Wildman–Crippen MR) is 71.3 cm³/mol. The Morgan fingerprint density at radius 1 is 1.29 bits per heavy atom. The molecule has 3 heteroatoms. The van der Waals surface area contributed by atoms with Crippen molar-refractivity contribution >= 4 is 11.6 Å². The van der Waals surface area contributed by atoms with Gasteiger partial charge < -0.3 is 10.1 Å². The molecule has 2 rings (SSSR count). The minimum atomic E-state index is 0.471. The zero-order valence-electron chi connectivity index (χ0n) is 10.3. The molecule has 1 fully saturated rings. The molecule has 1 aliphatic carbocycles. The Kier molecular flexibility index (Phi) is 4.84. The molecular formula is C14H20ClNO. The van der Waals surface area contributed by atoms with Crippen LogP contribution < -0.4 is 5.32 Å². The van der Waals surface area contributed by atoms with E-state index in [-0.39, 0.29) is 0 Å². The van der Waals surface area contributed by atoms with E-state index < -0.39 is 0 Å². The summed E-state index contributed by atoms with van der Waals surface area (Å²) in [5.74, 6) is 0. The van der Waals surface area contributed by atoms with Crippen molar-refractivity contribution in [1.82, 2.24) is 5.32 Å². The minimum absolute atomic E-state index is 0.471. The van der Waals surface area contributed by atoms with Crippen molar-refractivity contribution in [2.24, 2.45) is 0 Å². The smallest absolute Gasteiger partial charge is 0.0572 e. The van der Waals surface area contributed by atoms with Crippen LogP contribution in [0.5, 0.6) is 0 Å². The fourth-order valence-corrected chi connectivity index (χ4v) is 2.62. The molecule has 1 saturated carbocycles. The first-order valence-corrected chi connectivity index (χ1v) is 6.66. The quantitative estimate of drug-likeness (QED) is 0.888. The first-order chi connectivity index (χ1) is 8.28. The van der Waals surface area contributed by atoms with Crippen LogP contribution >= 0.6 is 11.6 Å². The van der Waals surface area contributed by atoms with Crippen LogP contribution in [0.1, 0.15) is 31.2 Å². The normalized spacial score (nSPS) is 24.8. The molecule has 1 aliphatic rings. The monoisotopic (exact) mass is 253 g/mol. The number of benzene rings is 1. The van der Waals surface area contributed by atoms with Gasteiger partial charge in [-0.1, -0.05) is 23.7 Å². The van der Waals surface area contributed by atoms with Crippen molar-refractivity contribution < 1.29 is 4.74 Å². The third-order valence-corrected chi connectivity index (χ3v) is 3.73. The van der Waals surface area contributed by atoms with Gasteiger partial charge >= 0.3 is 0 Å². The number of methoxy groups -OCH3 is 1. The molecule has 0 radical (unpaired) electrons. The Morgan fingerprint density at radius 3 is 2.71 bits per heavy atom. The number of nitrogens with one attached hydrogen (secondary N) is 1. The summed E-state index contributed by atoms with van der Waals surface area (Å²) >= 11 is 5.96. The van der Waals surface area contributed by atoms with Crippen molar-refractivity contribution in [3.63, 3.8) is 0 Å². The Bertz CT molecular complexity index is 348. The molecular weight excluding hydrogens is 234 g/mol. The largest absolute Gasteiger partial charge is 0.381 e. The maximum Gasteiger partial charge on any atom is 0.0572 e. The molecule has 0 amide bonds. The average molecular weight is 254 g/mol. The van der Waals surface area contributed by atoms with Crippen LogP contribution in [-0.4, -0.2) is 19.3 Å². The molecule has 0 spiro atoms. The van der Waals surface area contributed by atoms with Gasteiger partial charge in [0, 0.05) is 24.7 Å². The third kappa shape index (κ3) is 3.98. The van der Waals surface area contributed by atoms with Gasteiger partial charge in [0.2, 0.25) is 0 Å². The van der Waals surface area contributed by atoms with Gasteiger partial charge in [-0.3, -0.25) is 0 Å². The van der Waals surface area contributed by atoms with E-state index in [1.54, 1.807) is 0 Å². The van der Waals surface area contributed by atoms with Crippen LogP contribution in [0.4, 0.5) is 0 Å². The van der Waals surface area contributed by atoms with Gasteiger partial charge in [0.1, 0.15) is 0 Å². The van der Waals surface area contributed by atoms with E-state index in [9.17, 15) is 0 Å². The highest BCUT2D eigenvalue weighted by Crippen LogP contribution is 2.21. The zero-order valence-corrected chi connectivity index (χ0v) is 11.0. The Morgan fingerprint density at radius 2 is 2.06 bits per heavy atom. The van der Waals surface area contributed by atoms with Crippen LogP contribution in [0.25, 0.3) is 0 Å². The molecule has 2 nitrogen and oxygen atoms in total. The lowest BCUT2D eigenvalue weighted by Crippen LogP contribution is -2.34. The fraction of sp³-hybridized carbons (Fsp3) is 0.571. The van der Waals surface area contributed by atoms with Gasteiger partial charge in [-0.25, -0.2) is 0 Å². The molecule has 1 N–H and O–H groups in total. The Labute approximate surface area is 108 Å². The van der Waals surface area contributed by atoms with Crippen LogP contribution in [0.2, 0.25) is 5.02 Å². The summed E-state index contributed by atoms with van der Waals surface area (Å²) in [4.78, 5) is 0. The van der Waals surface area contributed by atoms with Gasteiger partial charge in [0.05, 0.1) is 6.10 Å². The van der Waals surface area contributed by atoms with Crippen LogP contribution in [-0.2, 0) is 11.3 Å². The highest BCUT2D eigenvalue weighted by Gasteiger charge is 2.19. The van der Waals surface area contributed by atoms with Crippen LogP contribution in [0, 0.1) is 0 Å².